The number of benzene rings is 1. The first-order chi connectivity index (χ1) is 16.0. The van der Waals surface area contributed by atoms with Gasteiger partial charge in [-0.2, -0.15) is 10.2 Å². The molecule has 5 rings (SSSR count). The molecule has 0 aliphatic carbocycles. The highest BCUT2D eigenvalue weighted by Crippen LogP contribution is 2.34. The van der Waals surface area contributed by atoms with Gasteiger partial charge in [0, 0.05) is 24.6 Å². The summed E-state index contributed by atoms with van der Waals surface area (Å²) in [6, 6.07) is 9.57. The van der Waals surface area contributed by atoms with Crippen LogP contribution in [0.1, 0.15) is 39.7 Å². The van der Waals surface area contributed by atoms with E-state index < -0.39 is 6.43 Å². The number of alkyl halides is 2. The number of rotatable bonds is 6. The highest BCUT2D eigenvalue weighted by atomic mass is 32.1. The molecule has 1 amide bonds. The van der Waals surface area contributed by atoms with Crippen molar-refractivity contribution in [2.75, 3.05) is 0 Å². The van der Waals surface area contributed by atoms with Crippen LogP contribution in [0.15, 0.2) is 43.1 Å². The number of aryl methyl sites for hydroxylation is 1. The van der Waals surface area contributed by atoms with Gasteiger partial charge in [0.15, 0.2) is 5.82 Å². The highest BCUT2D eigenvalue weighted by molar-refractivity contribution is 7.16. The Labute approximate surface area is 191 Å². The molecule has 0 bridgehead atoms. The van der Waals surface area contributed by atoms with E-state index in [9.17, 15) is 13.6 Å². The van der Waals surface area contributed by atoms with Gasteiger partial charge in [-0.05, 0) is 6.42 Å². The van der Waals surface area contributed by atoms with Crippen LogP contribution in [0.25, 0.3) is 28.0 Å². The zero-order valence-electron chi connectivity index (χ0n) is 17.3. The van der Waals surface area contributed by atoms with Crippen LogP contribution in [-0.4, -0.2) is 41.9 Å². The molecule has 3 aromatic heterocycles. The minimum Gasteiger partial charge on any atom is -0.347 e. The maximum absolute atomic E-state index is 13.2. The summed E-state index contributed by atoms with van der Waals surface area (Å²) in [5.41, 5.74) is 1.14. The van der Waals surface area contributed by atoms with E-state index in [2.05, 4.69) is 37.2 Å². The van der Waals surface area contributed by atoms with Crippen LogP contribution in [0, 0.1) is 0 Å². The maximum Gasteiger partial charge on any atom is 0.281 e. The van der Waals surface area contributed by atoms with Gasteiger partial charge < -0.3 is 5.32 Å². The molecule has 4 heterocycles. The second-order valence-corrected chi connectivity index (χ2v) is 8.57. The summed E-state index contributed by atoms with van der Waals surface area (Å²) in [6.45, 7) is 4.19. The smallest absolute Gasteiger partial charge is 0.281 e. The van der Waals surface area contributed by atoms with Crippen molar-refractivity contribution in [3.63, 3.8) is 0 Å². The second kappa shape index (κ2) is 8.66. The first-order valence-corrected chi connectivity index (χ1v) is 11.1. The molecule has 168 valence electrons. The Bertz CT molecular complexity index is 1310. The van der Waals surface area contributed by atoms with Gasteiger partial charge in [0.1, 0.15) is 22.2 Å². The molecular formula is C22H19F2N7OS. The molecule has 1 aliphatic heterocycles. The van der Waals surface area contributed by atoms with Gasteiger partial charge in [0.2, 0.25) is 0 Å². The number of hydrogen-bond acceptors (Lipinski definition) is 6. The number of H-pyrrole nitrogens is 1. The van der Waals surface area contributed by atoms with Crippen LogP contribution in [0.3, 0.4) is 0 Å². The number of amides is 1. The van der Waals surface area contributed by atoms with E-state index >= 15 is 0 Å². The Morgan fingerprint density at radius 2 is 2.12 bits per heavy atom. The molecular weight excluding hydrogens is 448 g/mol. The van der Waals surface area contributed by atoms with Gasteiger partial charge in [-0.1, -0.05) is 43.0 Å². The fourth-order valence-corrected chi connectivity index (χ4v) is 4.72. The molecule has 0 saturated carbocycles. The van der Waals surface area contributed by atoms with Crippen molar-refractivity contribution in [3.05, 3.63) is 65.2 Å². The standard InChI is InChI=1S/C22H19F2N7OS/c1-2-15-18(19(23)24)28-22(33-15)14-11-25-29-17(14)21(32)26-13-8-9-31-16(10-13)27-20(30-31)12-6-4-3-5-7-12/h2-7,11,13,19H,1,8-10H2,(H,25,29)(H,26,32). The highest BCUT2D eigenvalue weighted by Gasteiger charge is 2.27. The molecule has 33 heavy (non-hydrogen) atoms. The van der Waals surface area contributed by atoms with Crippen LogP contribution in [0.5, 0.6) is 0 Å². The van der Waals surface area contributed by atoms with E-state index in [0.717, 1.165) is 22.7 Å². The van der Waals surface area contributed by atoms with Gasteiger partial charge in [0.25, 0.3) is 12.3 Å². The number of aromatic nitrogens is 6. The summed E-state index contributed by atoms with van der Waals surface area (Å²) in [5, 5.41) is 14.5. The number of carbonyl (C=O) groups is 1. The van der Waals surface area contributed by atoms with E-state index in [1.807, 2.05) is 35.0 Å². The van der Waals surface area contributed by atoms with E-state index in [1.54, 1.807) is 0 Å². The summed E-state index contributed by atoms with van der Waals surface area (Å²) in [4.78, 5) is 21.9. The zero-order chi connectivity index (χ0) is 22.9. The van der Waals surface area contributed by atoms with E-state index in [-0.39, 0.29) is 33.2 Å². The largest absolute Gasteiger partial charge is 0.347 e. The fourth-order valence-electron chi connectivity index (χ4n) is 3.78. The minimum atomic E-state index is -2.73. The van der Waals surface area contributed by atoms with Crippen molar-refractivity contribution < 1.29 is 13.6 Å². The first-order valence-electron chi connectivity index (χ1n) is 10.3. The van der Waals surface area contributed by atoms with Crippen molar-refractivity contribution in [3.8, 4) is 22.0 Å². The molecule has 0 spiro atoms. The third-order valence-electron chi connectivity index (χ3n) is 5.40. The molecule has 1 aliphatic rings. The Hall–Kier alpha value is -3.73. The molecule has 8 nitrogen and oxygen atoms in total. The maximum atomic E-state index is 13.2. The van der Waals surface area contributed by atoms with Crippen LogP contribution in [0.2, 0.25) is 0 Å². The lowest BCUT2D eigenvalue weighted by molar-refractivity contribution is 0.0925. The van der Waals surface area contributed by atoms with Crippen LogP contribution in [0.4, 0.5) is 8.78 Å². The summed E-state index contributed by atoms with van der Waals surface area (Å²) in [6.07, 6.45) is 1.24. The van der Waals surface area contributed by atoms with Crippen LogP contribution < -0.4 is 5.32 Å². The molecule has 0 fully saturated rings. The number of carbonyl (C=O) groups excluding carboxylic acids is 1. The lowest BCUT2D eigenvalue weighted by Gasteiger charge is -2.23. The monoisotopic (exact) mass is 467 g/mol. The number of halogens is 2. The molecule has 11 heteroatoms. The predicted octanol–water partition coefficient (Wildman–Crippen LogP) is 4.12. The predicted molar refractivity (Wildman–Crippen MR) is 120 cm³/mol. The quantitative estimate of drug-likeness (QED) is 0.444. The van der Waals surface area contributed by atoms with Crippen molar-refractivity contribution in [2.45, 2.75) is 31.9 Å². The number of aromatic amines is 1. The Balaban J connectivity index is 1.33. The first kappa shape index (κ1) is 21.1. The van der Waals surface area contributed by atoms with Crippen molar-refractivity contribution in [1.29, 1.82) is 0 Å². The topological polar surface area (TPSA) is 101 Å². The van der Waals surface area contributed by atoms with Crippen molar-refractivity contribution in [1.82, 2.24) is 35.3 Å². The SMILES string of the molecule is C=Cc1sc(-c2cn[nH]c2C(=O)NC2CCn3nc(-c4ccccc4)nc3C2)nc1C(F)F. The van der Waals surface area contributed by atoms with Gasteiger partial charge in [-0.25, -0.2) is 23.4 Å². The van der Waals surface area contributed by atoms with Crippen LogP contribution in [-0.2, 0) is 13.0 Å². The molecule has 4 aromatic rings. The normalized spacial score (nSPS) is 15.4. The number of nitrogens with one attached hydrogen (secondary N) is 2. The lowest BCUT2D eigenvalue weighted by atomic mass is 10.1. The average Bonchev–Trinajstić information content (AvgIpc) is 3.56. The molecule has 1 aromatic carbocycles. The van der Waals surface area contributed by atoms with E-state index in [4.69, 9.17) is 0 Å². The zero-order valence-corrected chi connectivity index (χ0v) is 18.1. The van der Waals surface area contributed by atoms with E-state index in [0.29, 0.717) is 30.8 Å². The molecule has 1 unspecified atom stereocenters. The van der Waals surface area contributed by atoms with Gasteiger partial charge in [-0.15, -0.1) is 11.3 Å². The molecule has 0 radical (unpaired) electrons. The molecule has 1 atom stereocenters. The van der Waals surface area contributed by atoms with Crippen molar-refractivity contribution >= 4 is 23.3 Å². The third-order valence-corrected chi connectivity index (χ3v) is 6.50. The van der Waals surface area contributed by atoms with Crippen LogP contribution >= 0.6 is 11.3 Å². The van der Waals surface area contributed by atoms with Gasteiger partial charge >= 0.3 is 0 Å². The number of fused-ring (bicyclic) bond motifs is 1. The summed E-state index contributed by atoms with van der Waals surface area (Å²) in [5.74, 6) is 1.08. The molecule has 2 N–H and O–H groups in total. The van der Waals surface area contributed by atoms with Crippen molar-refractivity contribution in [2.24, 2.45) is 0 Å². The summed E-state index contributed by atoms with van der Waals surface area (Å²) < 4.78 is 28.4. The lowest BCUT2D eigenvalue weighted by Crippen LogP contribution is -2.40. The molecule has 0 saturated heterocycles. The number of hydrogen-bond donors (Lipinski definition) is 2. The number of nitrogens with zero attached hydrogens (tertiary/aromatic N) is 5. The Morgan fingerprint density at radius 1 is 1.30 bits per heavy atom. The summed E-state index contributed by atoms with van der Waals surface area (Å²) in [7, 11) is 0. The van der Waals surface area contributed by atoms with E-state index in [1.165, 1.54) is 12.3 Å². The fraction of sp³-hybridized carbons (Fsp3) is 0.227. The third kappa shape index (κ3) is 4.07. The second-order valence-electron chi connectivity index (χ2n) is 7.54. The Morgan fingerprint density at radius 3 is 2.85 bits per heavy atom. The average molecular weight is 468 g/mol. The minimum absolute atomic E-state index is 0.148. The summed E-state index contributed by atoms with van der Waals surface area (Å²) >= 11 is 1.04. The number of thiazole rings is 1. The Kier molecular flexibility index (Phi) is 5.55. The van der Waals surface area contributed by atoms with Gasteiger partial charge in [-0.3, -0.25) is 9.89 Å². The van der Waals surface area contributed by atoms with Gasteiger partial charge in [0.05, 0.1) is 16.6 Å².